The van der Waals surface area contributed by atoms with E-state index in [9.17, 15) is 0 Å². The predicted molar refractivity (Wildman–Crippen MR) is 95.6 cm³/mol. The molecule has 0 saturated heterocycles. The number of nitrogens with two attached hydrogens (primary N) is 1. The number of nitrogen functional groups attached to an aromatic ring is 1. The number of benzene rings is 1. The molecule has 20 heavy (non-hydrogen) atoms. The number of halogens is 2. The van der Waals surface area contributed by atoms with E-state index in [2.05, 4.69) is 70.3 Å². The lowest BCUT2D eigenvalue weighted by Crippen LogP contribution is -2.07. The lowest BCUT2D eigenvalue weighted by Gasteiger charge is -2.11. The second-order valence-electron chi connectivity index (χ2n) is 5.26. The summed E-state index contributed by atoms with van der Waals surface area (Å²) in [5.41, 5.74) is 9.23. The summed E-state index contributed by atoms with van der Waals surface area (Å²) in [6, 6.07) is 6.12. The zero-order chi connectivity index (χ0) is 14.9. The Kier molecular flexibility index (Phi) is 5.01. The molecule has 0 atom stereocenters. The van der Waals surface area contributed by atoms with Crippen molar-refractivity contribution in [1.82, 2.24) is 9.97 Å². The highest BCUT2D eigenvalue weighted by atomic mass is 127. The number of nitrogens with zero attached hydrogens (tertiary/aromatic N) is 2. The van der Waals surface area contributed by atoms with Gasteiger partial charge in [-0.15, -0.1) is 0 Å². The van der Waals surface area contributed by atoms with Crippen molar-refractivity contribution in [2.45, 2.75) is 27.2 Å². The van der Waals surface area contributed by atoms with Crippen LogP contribution in [-0.2, 0) is 6.42 Å². The smallest absolute Gasteiger partial charge is 0.161 e. The van der Waals surface area contributed by atoms with Gasteiger partial charge in [-0.3, -0.25) is 0 Å². The zero-order valence-corrected chi connectivity index (χ0v) is 15.5. The van der Waals surface area contributed by atoms with Gasteiger partial charge in [0.15, 0.2) is 5.82 Å². The Morgan fingerprint density at radius 2 is 2.00 bits per heavy atom. The van der Waals surface area contributed by atoms with E-state index in [-0.39, 0.29) is 0 Å². The minimum absolute atomic E-state index is 0.537. The van der Waals surface area contributed by atoms with Crippen LogP contribution in [0.1, 0.15) is 25.1 Å². The van der Waals surface area contributed by atoms with Gasteiger partial charge in [-0.25, -0.2) is 9.97 Å². The average molecular weight is 446 g/mol. The van der Waals surface area contributed by atoms with Crippen LogP contribution >= 0.6 is 38.5 Å². The van der Waals surface area contributed by atoms with Crippen LogP contribution in [0.25, 0.3) is 11.4 Å². The van der Waals surface area contributed by atoms with E-state index in [1.807, 2.05) is 12.1 Å². The molecule has 0 amide bonds. The van der Waals surface area contributed by atoms with E-state index in [1.165, 1.54) is 5.56 Å². The Balaban J connectivity index is 2.51. The maximum absolute atomic E-state index is 6.03. The normalized spacial score (nSPS) is 11.1. The van der Waals surface area contributed by atoms with Crippen LogP contribution in [-0.4, -0.2) is 9.97 Å². The van der Waals surface area contributed by atoms with Crippen LogP contribution in [0.3, 0.4) is 0 Å². The van der Waals surface area contributed by atoms with Gasteiger partial charge in [-0.05, 0) is 53.5 Å². The number of aryl methyl sites for hydroxylation is 1. The van der Waals surface area contributed by atoms with Crippen LogP contribution in [0, 0.1) is 16.4 Å². The quantitative estimate of drug-likeness (QED) is 0.702. The van der Waals surface area contributed by atoms with Crippen molar-refractivity contribution in [2.24, 2.45) is 5.92 Å². The van der Waals surface area contributed by atoms with Crippen molar-refractivity contribution < 1.29 is 0 Å². The Labute approximate surface area is 141 Å². The standard InChI is InChI=1S/C15H17BrIN3/c1-8(2)6-12-13(17)14(18)20-15(19-12)10-5-4-9(3)11(16)7-10/h4-5,7-8H,6H2,1-3H3,(H2,18,19,20). The largest absolute Gasteiger partial charge is 0.383 e. The molecule has 2 aromatic rings. The number of rotatable bonds is 3. The van der Waals surface area contributed by atoms with Gasteiger partial charge >= 0.3 is 0 Å². The van der Waals surface area contributed by atoms with E-state index >= 15 is 0 Å². The molecule has 0 aliphatic rings. The van der Waals surface area contributed by atoms with E-state index < -0.39 is 0 Å². The second kappa shape index (κ2) is 6.39. The van der Waals surface area contributed by atoms with Gasteiger partial charge in [-0.2, -0.15) is 0 Å². The third-order valence-electron chi connectivity index (χ3n) is 2.98. The number of hydrogen-bond acceptors (Lipinski definition) is 3. The van der Waals surface area contributed by atoms with Crippen LogP contribution in [0.4, 0.5) is 5.82 Å². The summed E-state index contributed by atoms with van der Waals surface area (Å²) in [6.45, 7) is 6.41. The molecule has 3 nitrogen and oxygen atoms in total. The molecule has 0 saturated carbocycles. The Bertz CT molecular complexity index is 641. The molecule has 2 N–H and O–H groups in total. The molecule has 1 heterocycles. The third-order valence-corrected chi connectivity index (χ3v) is 5.01. The molecule has 1 aromatic heterocycles. The van der Waals surface area contributed by atoms with Gasteiger partial charge in [0.25, 0.3) is 0 Å². The molecule has 2 rings (SSSR count). The molecule has 0 radical (unpaired) electrons. The Morgan fingerprint density at radius 1 is 1.30 bits per heavy atom. The van der Waals surface area contributed by atoms with Crippen molar-refractivity contribution in [2.75, 3.05) is 5.73 Å². The van der Waals surface area contributed by atoms with Crippen LogP contribution in [0.2, 0.25) is 0 Å². The van der Waals surface area contributed by atoms with Crippen LogP contribution < -0.4 is 5.73 Å². The van der Waals surface area contributed by atoms with E-state index in [0.29, 0.717) is 17.6 Å². The molecule has 0 aliphatic heterocycles. The monoisotopic (exact) mass is 445 g/mol. The number of aromatic nitrogens is 2. The molecule has 5 heteroatoms. The summed E-state index contributed by atoms with van der Waals surface area (Å²) >= 11 is 5.77. The van der Waals surface area contributed by atoms with Crippen molar-refractivity contribution >= 4 is 44.3 Å². The van der Waals surface area contributed by atoms with Gasteiger partial charge in [0.2, 0.25) is 0 Å². The van der Waals surface area contributed by atoms with Gasteiger partial charge in [-0.1, -0.05) is 41.9 Å². The lowest BCUT2D eigenvalue weighted by molar-refractivity contribution is 0.632. The molecular formula is C15H17BrIN3. The fourth-order valence-electron chi connectivity index (χ4n) is 1.90. The summed E-state index contributed by atoms with van der Waals surface area (Å²) in [7, 11) is 0. The lowest BCUT2D eigenvalue weighted by atomic mass is 10.1. The first-order chi connectivity index (χ1) is 9.38. The highest BCUT2D eigenvalue weighted by Crippen LogP contribution is 2.27. The van der Waals surface area contributed by atoms with Gasteiger partial charge in [0.05, 0.1) is 9.26 Å². The van der Waals surface area contributed by atoms with E-state index in [1.54, 1.807) is 0 Å². The Morgan fingerprint density at radius 3 is 2.60 bits per heavy atom. The van der Waals surface area contributed by atoms with E-state index in [0.717, 1.165) is 25.7 Å². The van der Waals surface area contributed by atoms with Gasteiger partial charge < -0.3 is 5.73 Å². The maximum atomic E-state index is 6.03. The number of hydrogen-bond donors (Lipinski definition) is 1. The molecule has 106 valence electrons. The third kappa shape index (κ3) is 3.49. The van der Waals surface area contributed by atoms with Crippen molar-refractivity contribution in [3.63, 3.8) is 0 Å². The minimum atomic E-state index is 0.537. The summed E-state index contributed by atoms with van der Waals surface area (Å²) in [5, 5.41) is 0. The second-order valence-corrected chi connectivity index (χ2v) is 7.19. The van der Waals surface area contributed by atoms with Crippen LogP contribution in [0.5, 0.6) is 0 Å². The highest BCUT2D eigenvalue weighted by Gasteiger charge is 2.13. The number of anilines is 1. The van der Waals surface area contributed by atoms with Crippen molar-refractivity contribution in [1.29, 1.82) is 0 Å². The SMILES string of the molecule is Cc1ccc(-c2nc(N)c(I)c(CC(C)C)n2)cc1Br. The van der Waals surface area contributed by atoms with E-state index in [4.69, 9.17) is 10.7 Å². The fourth-order valence-corrected chi connectivity index (χ4v) is 2.74. The first-order valence-electron chi connectivity index (χ1n) is 6.47. The molecule has 0 unspecified atom stereocenters. The zero-order valence-electron chi connectivity index (χ0n) is 11.7. The fraction of sp³-hybridized carbons (Fsp3) is 0.333. The van der Waals surface area contributed by atoms with Crippen molar-refractivity contribution in [3.05, 3.63) is 37.5 Å². The van der Waals surface area contributed by atoms with Crippen LogP contribution in [0.15, 0.2) is 22.7 Å². The first-order valence-corrected chi connectivity index (χ1v) is 8.34. The first kappa shape index (κ1) is 15.7. The topological polar surface area (TPSA) is 51.8 Å². The predicted octanol–water partition coefficient (Wildman–Crippen LogP) is 4.60. The minimum Gasteiger partial charge on any atom is -0.383 e. The summed E-state index contributed by atoms with van der Waals surface area (Å²) < 4.78 is 2.02. The molecule has 0 spiro atoms. The van der Waals surface area contributed by atoms with Crippen molar-refractivity contribution in [3.8, 4) is 11.4 Å². The molecular weight excluding hydrogens is 429 g/mol. The Hall–Kier alpha value is -0.690. The molecule has 0 bridgehead atoms. The average Bonchev–Trinajstić information content (AvgIpc) is 2.37. The van der Waals surface area contributed by atoms with Gasteiger partial charge in [0.1, 0.15) is 5.82 Å². The summed E-state index contributed by atoms with van der Waals surface area (Å²) in [5.74, 6) is 1.79. The molecule has 0 aliphatic carbocycles. The highest BCUT2D eigenvalue weighted by molar-refractivity contribution is 14.1. The summed E-state index contributed by atoms with van der Waals surface area (Å²) in [6.07, 6.45) is 0.908. The van der Waals surface area contributed by atoms with Gasteiger partial charge in [0, 0.05) is 10.0 Å². The maximum Gasteiger partial charge on any atom is 0.161 e. The molecule has 1 aromatic carbocycles. The summed E-state index contributed by atoms with van der Waals surface area (Å²) in [4.78, 5) is 9.11. The molecule has 0 fully saturated rings.